The maximum absolute atomic E-state index is 3.69. The van der Waals surface area contributed by atoms with E-state index in [-0.39, 0.29) is 0 Å². The second-order valence-corrected chi connectivity index (χ2v) is 7.99. The van der Waals surface area contributed by atoms with Gasteiger partial charge in [0, 0.05) is 22.9 Å². The molecular weight excluding hydrogens is 324 g/mol. The van der Waals surface area contributed by atoms with Crippen molar-refractivity contribution in [1.29, 1.82) is 0 Å². The molecule has 1 aromatic rings. The van der Waals surface area contributed by atoms with E-state index < -0.39 is 0 Å². The highest BCUT2D eigenvalue weighted by Crippen LogP contribution is 2.15. The van der Waals surface area contributed by atoms with Gasteiger partial charge in [0.2, 0.25) is 0 Å². The van der Waals surface area contributed by atoms with E-state index in [0.29, 0.717) is 0 Å². The third-order valence-corrected chi connectivity index (χ3v) is 6.36. The Bertz CT molecular complexity index is 446. The lowest BCUT2D eigenvalue weighted by atomic mass is 9.95. The van der Waals surface area contributed by atoms with Gasteiger partial charge < -0.3 is 9.80 Å². The number of piperidine rings is 2. The third-order valence-electron chi connectivity index (χ3n) is 5.58. The Morgan fingerprint density at radius 2 is 1.67 bits per heavy atom. The third kappa shape index (κ3) is 4.08. The van der Waals surface area contributed by atoms with E-state index in [9.17, 15) is 0 Å². The Labute approximate surface area is 137 Å². The summed E-state index contributed by atoms with van der Waals surface area (Å²) in [5, 5.41) is 0. The Kier molecular flexibility index (Phi) is 5.36. The number of likely N-dealkylation sites (tertiary alicyclic amines) is 2. The first-order valence-corrected chi connectivity index (χ1v) is 9.43. The molecule has 0 spiro atoms. The van der Waals surface area contributed by atoms with Crippen molar-refractivity contribution in [2.75, 3.05) is 26.2 Å². The minimum atomic E-state index is 0.945. The Morgan fingerprint density at radius 1 is 1.00 bits per heavy atom. The van der Waals surface area contributed by atoms with E-state index in [1.165, 1.54) is 68.4 Å². The molecule has 3 heteroatoms. The van der Waals surface area contributed by atoms with Crippen LogP contribution in [0.4, 0.5) is 0 Å². The van der Waals surface area contributed by atoms with Gasteiger partial charge >= 0.3 is 0 Å². The summed E-state index contributed by atoms with van der Waals surface area (Å²) in [5.74, 6) is 0.967. The molecule has 0 amide bonds. The molecule has 2 saturated heterocycles. The van der Waals surface area contributed by atoms with Gasteiger partial charge in [0.1, 0.15) is 6.54 Å². The summed E-state index contributed by atoms with van der Waals surface area (Å²) >= 11 is 3.69. The number of rotatable bonds is 3. The lowest BCUT2D eigenvalue weighted by molar-refractivity contribution is -0.966. The Hall–Kier alpha value is -0.380. The highest BCUT2D eigenvalue weighted by Gasteiger charge is 2.32. The van der Waals surface area contributed by atoms with Gasteiger partial charge in [-0.1, -0.05) is 41.1 Å². The minimum absolute atomic E-state index is 0.945. The number of benzene rings is 1. The molecule has 0 radical (unpaired) electrons. The Morgan fingerprint density at radius 3 is 2.33 bits per heavy atom. The van der Waals surface area contributed by atoms with Crippen LogP contribution in [0.3, 0.4) is 0 Å². The molecule has 21 heavy (non-hydrogen) atoms. The van der Waals surface area contributed by atoms with Crippen LogP contribution >= 0.6 is 15.9 Å². The summed E-state index contributed by atoms with van der Waals surface area (Å²) in [6.45, 7) is 9.15. The molecule has 0 aliphatic carbocycles. The summed E-state index contributed by atoms with van der Waals surface area (Å²) < 4.78 is 1.27. The van der Waals surface area contributed by atoms with E-state index >= 15 is 0 Å². The number of quaternary nitrogens is 2. The zero-order valence-electron chi connectivity index (χ0n) is 13.2. The molecule has 0 atom stereocenters. The molecule has 2 fully saturated rings. The standard InChI is InChI=1S/C18H27BrN2/c1-15-6-12-21(13-7-15)17-8-10-20(11-9-17)14-16-4-2-3-5-18(16)19/h2-5,15,17H,6-14H2,1H3/p+2. The van der Waals surface area contributed by atoms with Crippen LogP contribution < -0.4 is 9.80 Å². The average Bonchev–Trinajstić information content (AvgIpc) is 2.51. The lowest BCUT2D eigenvalue weighted by Crippen LogP contribution is -3.20. The van der Waals surface area contributed by atoms with Crippen LogP contribution in [0.5, 0.6) is 0 Å². The minimum Gasteiger partial charge on any atom is -0.332 e. The van der Waals surface area contributed by atoms with Crippen LogP contribution in [0.15, 0.2) is 28.7 Å². The molecular formula is C18H29BrN2+2. The van der Waals surface area contributed by atoms with Gasteiger partial charge in [0.05, 0.1) is 32.2 Å². The van der Waals surface area contributed by atoms with Crippen molar-refractivity contribution in [3.05, 3.63) is 34.3 Å². The summed E-state index contributed by atoms with van der Waals surface area (Å²) in [6, 6.07) is 9.64. The first kappa shape index (κ1) is 15.5. The molecule has 2 N–H and O–H groups in total. The first-order valence-electron chi connectivity index (χ1n) is 8.64. The molecule has 0 saturated carbocycles. The van der Waals surface area contributed by atoms with Crippen LogP contribution in [0, 0.1) is 5.92 Å². The smallest absolute Gasteiger partial charge is 0.104 e. The van der Waals surface area contributed by atoms with Gasteiger partial charge in [-0.25, -0.2) is 0 Å². The first-order chi connectivity index (χ1) is 10.2. The fraction of sp³-hybridized carbons (Fsp3) is 0.667. The van der Waals surface area contributed by atoms with Crippen molar-refractivity contribution >= 4 is 15.9 Å². The monoisotopic (exact) mass is 352 g/mol. The molecule has 0 unspecified atom stereocenters. The van der Waals surface area contributed by atoms with E-state index in [4.69, 9.17) is 0 Å². The quantitative estimate of drug-likeness (QED) is 0.811. The van der Waals surface area contributed by atoms with E-state index in [2.05, 4.69) is 47.1 Å². The predicted octanol–water partition coefficient (Wildman–Crippen LogP) is 1.31. The van der Waals surface area contributed by atoms with Crippen LogP contribution in [0.25, 0.3) is 0 Å². The van der Waals surface area contributed by atoms with Crippen LogP contribution in [-0.2, 0) is 6.54 Å². The summed E-state index contributed by atoms with van der Waals surface area (Å²) in [6.07, 6.45) is 5.73. The molecule has 116 valence electrons. The van der Waals surface area contributed by atoms with Crippen molar-refractivity contribution in [2.45, 2.75) is 45.2 Å². The molecule has 0 bridgehead atoms. The van der Waals surface area contributed by atoms with E-state index in [1.54, 1.807) is 4.90 Å². The van der Waals surface area contributed by atoms with Crippen molar-refractivity contribution < 1.29 is 9.80 Å². The van der Waals surface area contributed by atoms with Gasteiger partial charge in [-0.15, -0.1) is 0 Å². The van der Waals surface area contributed by atoms with Crippen molar-refractivity contribution in [1.82, 2.24) is 0 Å². The second kappa shape index (κ2) is 7.26. The second-order valence-electron chi connectivity index (χ2n) is 7.13. The zero-order chi connectivity index (χ0) is 14.7. The normalized spacial score (nSPS) is 33.8. The van der Waals surface area contributed by atoms with Gasteiger partial charge in [0.15, 0.2) is 0 Å². The number of hydrogen-bond acceptors (Lipinski definition) is 0. The Balaban J connectivity index is 1.48. The molecule has 0 aromatic heterocycles. The average molecular weight is 353 g/mol. The number of nitrogens with one attached hydrogen (secondary N) is 2. The molecule has 2 heterocycles. The topological polar surface area (TPSA) is 8.88 Å². The van der Waals surface area contributed by atoms with Gasteiger partial charge in [0.25, 0.3) is 0 Å². The highest BCUT2D eigenvalue weighted by molar-refractivity contribution is 9.10. The molecule has 2 nitrogen and oxygen atoms in total. The molecule has 2 aliphatic rings. The lowest BCUT2D eigenvalue weighted by Gasteiger charge is -2.37. The summed E-state index contributed by atoms with van der Waals surface area (Å²) in [7, 11) is 0. The molecule has 1 aromatic carbocycles. The van der Waals surface area contributed by atoms with Crippen LogP contribution in [0.1, 0.15) is 38.2 Å². The maximum Gasteiger partial charge on any atom is 0.104 e. The van der Waals surface area contributed by atoms with Gasteiger partial charge in [-0.3, -0.25) is 0 Å². The predicted molar refractivity (Wildman–Crippen MR) is 90.7 cm³/mol. The zero-order valence-corrected chi connectivity index (χ0v) is 14.8. The fourth-order valence-electron chi connectivity index (χ4n) is 4.06. The van der Waals surface area contributed by atoms with E-state index in [0.717, 1.165) is 12.0 Å². The van der Waals surface area contributed by atoms with Crippen LogP contribution in [0.2, 0.25) is 0 Å². The fourth-order valence-corrected chi connectivity index (χ4v) is 4.49. The van der Waals surface area contributed by atoms with Crippen molar-refractivity contribution in [3.63, 3.8) is 0 Å². The van der Waals surface area contributed by atoms with E-state index in [1.807, 2.05) is 4.90 Å². The maximum atomic E-state index is 3.69. The van der Waals surface area contributed by atoms with Gasteiger partial charge in [-0.05, 0) is 24.8 Å². The van der Waals surface area contributed by atoms with Crippen LogP contribution in [-0.4, -0.2) is 32.2 Å². The van der Waals surface area contributed by atoms with Crippen molar-refractivity contribution in [2.24, 2.45) is 5.92 Å². The van der Waals surface area contributed by atoms with Gasteiger partial charge in [-0.2, -0.15) is 0 Å². The summed E-state index contributed by atoms with van der Waals surface area (Å²) in [5.41, 5.74) is 1.46. The largest absolute Gasteiger partial charge is 0.332 e. The highest BCUT2D eigenvalue weighted by atomic mass is 79.9. The number of hydrogen-bond donors (Lipinski definition) is 2. The molecule has 3 rings (SSSR count). The number of halogens is 1. The summed E-state index contributed by atoms with van der Waals surface area (Å²) in [4.78, 5) is 3.68. The van der Waals surface area contributed by atoms with Crippen molar-refractivity contribution in [3.8, 4) is 0 Å². The SMILES string of the molecule is CC1CC[NH+](C2CC[NH+](Cc3ccccc3Br)CC2)CC1. The molecule has 2 aliphatic heterocycles.